The largest absolute Gasteiger partial charge is 0.459 e. The Bertz CT molecular complexity index is 1490. The van der Waals surface area contributed by atoms with Gasteiger partial charge in [0.15, 0.2) is 11.5 Å². The van der Waals surface area contributed by atoms with E-state index >= 15 is 0 Å². The van der Waals surface area contributed by atoms with E-state index in [1.54, 1.807) is 60.7 Å². The molecule has 0 spiro atoms. The minimum Gasteiger partial charge on any atom is -0.459 e. The molecular formula is C26H16Br2ClN3O5. The van der Waals surface area contributed by atoms with E-state index in [1.165, 1.54) is 24.6 Å². The molecule has 8 nitrogen and oxygen atoms in total. The Morgan fingerprint density at radius 2 is 1.70 bits per heavy atom. The van der Waals surface area contributed by atoms with Crippen LogP contribution in [-0.2, 0) is 0 Å². The van der Waals surface area contributed by atoms with Crippen molar-refractivity contribution in [2.75, 3.05) is 5.32 Å². The Labute approximate surface area is 232 Å². The zero-order valence-corrected chi connectivity index (χ0v) is 22.6. The molecule has 0 unspecified atom stereocenters. The highest BCUT2D eigenvalue weighted by atomic mass is 79.9. The van der Waals surface area contributed by atoms with Gasteiger partial charge in [-0.15, -0.1) is 0 Å². The van der Waals surface area contributed by atoms with Gasteiger partial charge in [0.2, 0.25) is 0 Å². The summed E-state index contributed by atoms with van der Waals surface area (Å²) in [5.74, 6) is -1.19. The fourth-order valence-electron chi connectivity index (χ4n) is 3.09. The topological polar surface area (TPSA) is 110 Å². The number of halogens is 3. The molecule has 2 amide bonds. The quantitative estimate of drug-likeness (QED) is 0.101. The van der Waals surface area contributed by atoms with Crippen molar-refractivity contribution in [2.45, 2.75) is 0 Å². The van der Waals surface area contributed by atoms with Crippen molar-refractivity contribution in [2.24, 2.45) is 5.10 Å². The molecule has 0 atom stereocenters. The normalized spacial score (nSPS) is 10.8. The lowest BCUT2D eigenvalue weighted by atomic mass is 10.2. The van der Waals surface area contributed by atoms with Crippen molar-refractivity contribution in [3.05, 3.63) is 115 Å². The first-order chi connectivity index (χ1) is 17.8. The highest BCUT2D eigenvalue weighted by Gasteiger charge is 2.16. The summed E-state index contributed by atoms with van der Waals surface area (Å²) in [4.78, 5) is 37.4. The number of benzene rings is 3. The van der Waals surface area contributed by atoms with Gasteiger partial charge in [0.05, 0.1) is 22.5 Å². The van der Waals surface area contributed by atoms with Gasteiger partial charge in [-0.3, -0.25) is 9.59 Å². The van der Waals surface area contributed by atoms with Crippen LogP contribution in [0.2, 0.25) is 5.02 Å². The van der Waals surface area contributed by atoms with Gasteiger partial charge < -0.3 is 14.5 Å². The lowest BCUT2D eigenvalue weighted by Crippen LogP contribution is -2.18. The van der Waals surface area contributed by atoms with E-state index in [-0.39, 0.29) is 17.1 Å². The fraction of sp³-hybridized carbons (Fsp3) is 0. The van der Waals surface area contributed by atoms with Crippen LogP contribution in [0.5, 0.6) is 5.75 Å². The monoisotopic (exact) mass is 643 g/mol. The number of carbonyl (C=O) groups is 3. The van der Waals surface area contributed by atoms with Crippen LogP contribution in [-0.4, -0.2) is 24.0 Å². The number of nitrogens with one attached hydrogen (secondary N) is 2. The molecule has 4 aromatic rings. The van der Waals surface area contributed by atoms with Crippen LogP contribution in [0.15, 0.2) is 97.5 Å². The molecule has 37 heavy (non-hydrogen) atoms. The van der Waals surface area contributed by atoms with Crippen LogP contribution in [0.3, 0.4) is 0 Å². The van der Waals surface area contributed by atoms with E-state index in [4.69, 9.17) is 20.8 Å². The summed E-state index contributed by atoms with van der Waals surface area (Å²) in [7, 11) is 0. The number of hydrazone groups is 1. The molecule has 4 rings (SSSR count). The zero-order chi connectivity index (χ0) is 26.4. The highest BCUT2D eigenvalue weighted by molar-refractivity contribution is 9.11. The predicted octanol–water partition coefficient (Wildman–Crippen LogP) is 6.69. The standard InChI is InChI=1S/C26H16Br2ClN3O5/c27-18-11-17(23(21(28)13-18)37-26(35)15-6-8-19(29)9-7-15)14-30-32-24(33)16-3-1-4-20(12-16)31-25(34)22-5-2-10-36-22/h1-14H,(H,31,34)(H,32,33). The number of hydrogen-bond acceptors (Lipinski definition) is 6. The number of ether oxygens (including phenoxy) is 1. The van der Waals surface area contributed by atoms with Gasteiger partial charge in [-0.05, 0) is 82.7 Å². The Morgan fingerprint density at radius 3 is 2.43 bits per heavy atom. The Kier molecular flexibility index (Phi) is 8.54. The first-order valence-corrected chi connectivity index (χ1v) is 12.5. The van der Waals surface area contributed by atoms with Gasteiger partial charge in [0.25, 0.3) is 11.8 Å². The molecule has 0 aliphatic heterocycles. The molecule has 3 aromatic carbocycles. The molecule has 0 saturated carbocycles. The molecular weight excluding hydrogens is 630 g/mol. The van der Waals surface area contributed by atoms with Crippen LogP contribution in [0.4, 0.5) is 5.69 Å². The van der Waals surface area contributed by atoms with Gasteiger partial charge >= 0.3 is 5.97 Å². The van der Waals surface area contributed by atoms with Crippen molar-refractivity contribution in [1.29, 1.82) is 0 Å². The number of furan rings is 1. The van der Waals surface area contributed by atoms with Gasteiger partial charge in [0.1, 0.15) is 0 Å². The van der Waals surface area contributed by atoms with Crippen molar-refractivity contribution < 1.29 is 23.5 Å². The second kappa shape index (κ2) is 12.0. The minimum atomic E-state index is -0.591. The van der Waals surface area contributed by atoms with Crippen LogP contribution >= 0.6 is 43.5 Å². The summed E-state index contributed by atoms with van der Waals surface area (Å²) in [6, 6.07) is 19.1. The maximum Gasteiger partial charge on any atom is 0.343 e. The zero-order valence-electron chi connectivity index (χ0n) is 18.7. The average Bonchev–Trinajstić information content (AvgIpc) is 3.42. The van der Waals surface area contributed by atoms with Crippen molar-refractivity contribution in [3.8, 4) is 5.75 Å². The van der Waals surface area contributed by atoms with Crippen LogP contribution in [0, 0.1) is 0 Å². The van der Waals surface area contributed by atoms with Crippen molar-refractivity contribution >= 4 is 73.1 Å². The highest BCUT2D eigenvalue weighted by Crippen LogP contribution is 2.32. The van der Waals surface area contributed by atoms with Crippen LogP contribution in [0.25, 0.3) is 0 Å². The maximum absolute atomic E-state index is 12.6. The average molecular weight is 646 g/mol. The smallest absolute Gasteiger partial charge is 0.343 e. The third kappa shape index (κ3) is 6.94. The number of carbonyl (C=O) groups excluding carboxylic acids is 3. The van der Waals surface area contributed by atoms with E-state index in [0.717, 1.165) is 0 Å². The van der Waals surface area contributed by atoms with Gasteiger partial charge in [-0.1, -0.05) is 33.6 Å². The first kappa shape index (κ1) is 26.3. The molecule has 0 saturated heterocycles. The number of esters is 1. The number of nitrogens with zero attached hydrogens (tertiary/aromatic N) is 1. The van der Waals surface area contributed by atoms with Gasteiger partial charge in [0, 0.05) is 26.3 Å². The first-order valence-electron chi connectivity index (χ1n) is 10.6. The second-order valence-corrected chi connectivity index (χ2v) is 9.62. The summed E-state index contributed by atoms with van der Waals surface area (Å²) in [5, 5.41) is 7.16. The number of amides is 2. The van der Waals surface area contributed by atoms with Gasteiger partial charge in [-0.25, -0.2) is 10.2 Å². The van der Waals surface area contributed by atoms with Crippen LogP contribution in [0.1, 0.15) is 36.8 Å². The molecule has 0 aliphatic carbocycles. The third-order valence-corrected chi connectivity index (χ3v) is 6.11. The lowest BCUT2D eigenvalue weighted by Gasteiger charge is -2.11. The summed E-state index contributed by atoms with van der Waals surface area (Å²) < 4.78 is 11.8. The molecule has 1 heterocycles. The number of rotatable bonds is 7. The van der Waals surface area contributed by atoms with E-state index in [0.29, 0.717) is 30.8 Å². The summed E-state index contributed by atoms with van der Waals surface area (Å²) in [5.41, 5.74) is 3.83. The Hall–Kier alpha value is -3.73. The second-order valence-electron chi connectivity index (χ2n) is 7.41. The third-order valence-electron chi connectivity index (χ3n) is 4.81. The predicted molar refractivity (Wildman–Crippen MR) is 146 cm³/mol. The summed E-state index contributed by atoms with van der Waals surface area (Å²) in [6.07, 6.45) is 2.74. The van der Waals surface area contributed by atoms with E-state index in [2.05, 4.69) is 47.7 Å². The molecule has 1 aromatic heterocycles. The minimum absolute atomic E-state index is 0.146. The van der Waals surface area contributed by atoms with E-state index in [9.17, 15) is 14.4 Å². The molecule has 11 heteroatoms. The van der Waals surface area contributed by atoms with Crippen molar-refractivity contribution in [1.82, 2.24) is 5.43 Å². The van der Waals surface area contributed by atoms with Crippen molar-refractivity contribution in [3.63, 3.8) is 0 Å². The van der Waals surface area contributed by atoms with E-state index < -0.39 is 17.8 Å². The number of anilines is 1. The van der Waals surface area contributed by atoms with Crippen LogP contribution < -0.4 is 15.5 Å². The summed E-state index contributed by atoms with van der Waals surface area (Å²) in [6.45, 7) is 0. The molecule has 0 fully saturated rings. The van der Waals surface area contributed by atoms with Gasteiger partial charge in [-0.2, -0.15) is 5.10 Å². The molecule has 0 bridgehead atoms. The molecule has 2 N–H and O–H groups in total. The van der Waals surface area contributed by atoms with E-state index in [1.807, 2.05) is 0 Å². The maximum atomic E-state index is 12.6. The Morgan fingerprint density at radius 1 is 0.919 bits per heavy atom. The summed E-state index contributed by atoms with van der Waals surface area (Å²) >= 11 is 12.7. The Balaban J connectivity index is 1.46. The molecule has 186 valence electrons. The lowest BCUT2D eigenvalue weighted by molar-refractivity contribution is 0.0732. The molecule has 0 aliphatic rings. The SMILES string of the molecule is O=C(NN=Cc1cc(Br)cc(Br)c1OC(=O)c1ccc(Cl)cc1)c1cccc(NC(=O)c2ccco2)c1. The fourth-order valence-corrected chi connectivity index (χ4v) is 4.55. The molecule has 0 radical (unpaired) electrons. The number of hydrogen-bond donors (Lipinski definition) is 2.